The predicted molar refractivity (Wildman–Crippen MR) is 143 cm³/mol. The molecule has 1 saturated heterocycles. The van der Waals surface area contributed by atoms with Gasteiger partial charge in [0.15, 0.2) is 5.13 Å². The van der Waals surface area contributed by atoms with E-state index in [2.05, 4.69) is 4.90 Å². The van der Waals surface area contributed by atoms with Gasteiger partial charge >= 0.3 is 0 Å². The van der Waals surface area contributed by atoms with Crippen LogP contribution in [0.25, 0.3) is 10.2 Å². The summed E-state index contributed by atoms with van der Waals surface area (Å²) in [6.45, 7) is 4.58. The van der Waals surface area contributed by atoms with E-state index < -0.39 is 10.0 Å². The summed E-state index contributed by atoms with van der Waals surface area (Å²) >= 11 is 7.59. The van der Waals surface area contributed by atoms with Crippen molar-refractivity contribution in [2.24, 2.45) is 0 Å². The smallest absolute Gasteiger partial charge is 0.260 e. The van der Waals surface area contributed by atoms with Crippen molar-refractivity contribution < 1.29 is 17.9 Å². The van der Waals surface area contributed by atoms with Crippen molar-refractivity contribution in [3.63, 3.8) is 0 Å². The molecule has 0 atom stereocenters. The number of aromatic nitrogens is 1. The fourth-order valence-corrected chi connectivity index (χ4v) is 6.97. The number of thiazole rings is 1. The van der Waals surface area contributed by atoms with Crippen molar-refractivity contribution in [3.05, 3.63) is 53.1 Å². The first-order valence-electron chi connectivity index (χ1n) is 12.1. The van der Waals surface area contributed by atoms with Gasteiger partial charge in [-0.3, -0.25) is 14.6 Å². The second-order valence-electron chi connectivity index (χ2n) is 9.15. The fraction of sp³-hybridized carbons (Fsp3) is 0.440. The van der Waals surface area contributed by atoms with Gasteiger partial charge in [-0.15, -0.1) is 0 Å². The summed E-state index contributed by atoms with van der Waals surface area (Å²) in [4.78, 5) is 22.6. The van der Waals surface area contributed by atoms with Crippen LogP contribution in [0.3, 0.4) is 0 Å². The Bertz CT molecular complexity index is 1340. The number of amides is 1. The maximum absolute atomic E-state index is 13.7. The second-order valence-corrected chi connectivity index (χ2v) is 12.6. The molecular weight excluding hydrogens is 520 g/mol. The lowest BCUT2D eigenvalue weighted by Crippen LogP contribution is -2.39. The summed E-state index contributed by atoms with van der Waals surface area (Å²) in [5.41, 5.74) is 1.21. The topological polar surface area (TPSA) is 83.1 Å². The molecule has 0 bridgehead atoms. The van der Waals surface area contributed by atoms with Crippen molar-refractivity contribution in [1.82, 2.24) is 14.2 Å². The minimum absolute atomic E-state index is 0.0748. The Hall–Kier alpha value is -2.08. The fourth-order valence-electron chi connectivity index (χ4n) is 4.29. The van der Waals surface area contributed by atoms with Crippen molar-refractivity contribution >= 4 is 54.2 Å². The van der Waals surface area contributed by atoms with Crippen LogP contribution in [-0.4, -0.2) is 81.0 Å². The number of benzene rings is 2. The molecule has 2 aliphatic rings. The Kier molecular flexibility index (Phi) is 7.62. The third kappa shape index (κ3) is 5.58. The van der Waals surface area contributed by atoms with Crippen LogP contribution in [0.15, 0.2) is 47.4 Å². The molecule has 2 fully saturated rings. The summed E-state index contributed by atoms with van der Waals surface area (Å²) in [6, 6.07) is 11.8. The van der Waals surface area contributed by atoms with E-state index in [9.17, 15) is 13.2 Å². The molecule has 8 nitrogen and oxygen atoms in total. The number of anilines is 1. The number of halogens is 1. The van der Waals surface area contributed by atoms with Crippen molar-refractivity contribution in [3.8, 4) is 0 Å². The number of sulfonamides is 1. The van der Waals surface area contributed by atoms with Crippen LogP contribution in [0.5, 0.6) is 0 Å². The lowest BCUT2D eigenvalue weighted by Gasteiger charge is -2.27. The number of rotatable bonds is 9. The Labute approximate surface area is 220 Å². The zero-order valence-electron chi connectivity index (χ0n) is 20.1. The van der Waals surface area contributed by atoms with Gasteiger partial charge in [0.2, 0.25) is 10.0 Å². The standard InChI is InChI=1S/C25H29ClN4O4S2/c1-28(20-6-7-20)36(32,33)21-8-3-18(4-9-21)24(31)30(12-2-11-29-13-15-34-16-14-29)25-27-22-10-5-19(26)17-23(22)35-25/h3-5,8-10,17,20H,2,6-7,11-16H2,1H3. The van der Waals surface area contributed by atoms with Gasteiger partial charge in [0.1, 0.15) is 0 Å². The molecule has 0 N–H and O–H groups in total. The molecule has 1 aliphatic carbocycles. The summed E-state index contributed by atoms with van der Waals surface area (Å²) in [5.74, 6) is -0.207. The molecule has 3 aromatic rings. The zero-order chi connectivity index (χ0) is 25.3. The summed E-state index contributed by atoms with van der Waals surface area (Å²) in [7, 11) is -1.96. The highest BCUT2D eigenvalue weighted by Gasteiger charge is 2.35. The Morgan fingerprint density at radius 2 is 1.89 bits per heavy atom. The minimum atomic E-state index is -3.57. The number of hydrogen-bond acceptors (Lipinski definition) is 7. The highest BCUT2D eigenvalue weighted by atomic mass is 35.5. The van der Waals surface area contributed by atoms with Gasteiger partial charge in [-0.05, 0) is 61.7 Å². The number of ether oxygens (including phenoxy) is 1. The van der Waals surface area contributed by atoms with Gasteiger partial charge in [0.25, 0.3) is 5.91 Å². The van der Waals surface area contributed by atoms with Crippen LogP contribution in [0.4, 0.5) is 5.13 Å². The van der Waals surface area contributed by atoms with Crippen molar-refractivity contribution in [1.29, 1.82) is 0 Å². The largest absolute Gasteiger partial charge is 0.379 e. The summed E-state index contributed by atoms with van der Waals surface area (Å²) < 4.78 is 33.5. The van der Waals surface area contributed by atoms with Gasteiger partial charge in [0.05, 0.1) is 28.3 Å². The van der Waals surface area contributed by atoms with Crippen LogP contribution >= 0.6 is 22.9 Å². The molecular formula is C25H29ClN4O4S2. The highest BCUT2D eigenvalue weighted by Crippen LogP contribution is 2.33. The Morgan fingerprint density at radius 1 is 1.17 bits per heavy atom. The molecule has 1 amide bonds. The van der Waals surface area contributed by atoms with E-state index in [0.29, 0.717) is 22.3 Å². The number of hydrogen-bond donors (Lipinski definition) is 0. The first-order valence-corrected chi connectivity index (χ1v) is 14.7. The SMILES string of the molecule is CN(C1CC1)S(=O)(=O)c1ccc(C(=O)N(CCCN2CCOCC2)c2nc3ccc(Cl)cc3s2)cc1. The summed E-state index contributed by atoms with van der Waals surface area (Å²) in [6.07, 6.45) is 2.55. The van der Waals surface area contributed by atoms with Gasteiger partial charge in [0, 0.05) is 49.9 Å². The molecule has 0 radical (unpaired) electrons. The van der Waals surface area contributed by atoms with Gasteiger partial charge in [-0.1, -0.05) is 22.9 Å². The van der Waals surface area contributed by atoms with E-state index >= 15 is 0 Å². The van der Waals surface area contributed by atoms with Crippen LogP contribution in [0.2, 0.25) is 5.02 Å². The van der Waals surface area contributed by atoms with E-state index in [1.165, 1.54) is 27.8 Å². The second kappa shape index (κ2) is 10.7. The average molecular weight is 549 g/mol. The van der Waals surface area contributed by atoms with Gasteiger partial charge in [-0.2, -0.15) is 4.31 Å². The van der Waals surface area contributed by atoms with Crippen LogP contribution in [0.1, 0.15) is 29.6 Å². The van der Waals surface area contributed by atoms with Gasteiger partial charge in [-0.25, -0.2) is 13.4 Å². The lowest BCUT2D eigenvalue weighted by atomic mass is 10.2. The normalized spacial score (nSPS) is 17.1. The van der Waals surface area contributed by atoms with Crippen LogP contribution < -0.4 is 4.90 Å². The predicted octanol–water partition coefficient (Wildman–Crippen LogP) is 4.10. The van der Waals surface area contributed by atoms with E-state index in [1.807, 2.05) is 12.1 Å². The number of carbonyl (C=O) groups excluding carboxylic acids is 1. The third-order valence-corrected chi connectivity index (χ3v) is 9.81. The Balaban J connectivity index is 1.37. The van der Waals surface area contributed by atoms with Crippen molar-refractivity contribution in [2.45, 2.75) is 30.2 Å². The summed E-state index contributed by atoms with van der Waals surface area (Å²) in [5, 5.41) is 1.22. The molecule has 1 aromatic heterocycles. The van der Waals surface area contributed by atoms with Crippen molar-refractivity contribution in [2.75, 3.05) is 51.3 Å². The first-order chi connectivity index (χ1) is 17.3. The highest BCUT2D eigenvalue weighted by molar-refractivity contribution is 7.89. The van der Waals surface area contributed by atoms with E-state index in [0.717, 1.165) is 62.3 Å². The Morgan fingerprint density at radius 3 is 2.58 bits per heavy atom. The van der Waals surface area contributed by atoms with E-state index in [1.54, 1.807) is 30.1 Å². The molecule has 1 saturated carbocycles. The number of carbonyl (C=O) groups is 1. The van der Waals surface area contributed by atoms with E-state index in [-0.39, 0.29) is 16.8 Å². The average Bonchev–Trinajstić information content (AvgIpc) is 3.65. The maximum Gasteiger partial charge on any atom is 0.260 e. The lowest BCUT2D eigenvalue weighted by molar-refractivity contribution is 0.0376. The monoisotopic (exact) mass is 548 g/mol. The zero-order valence-corrected chi connectivity index (χ0v) is 22.5. The molecule has 5 rings (SSSR count). The number of fused-ring (bicyclic) bond motifs is 1. The molecule has 1 aliphatic heterocycles. The molecule has 0 unspecified atom stereocenters. The molecule has 11 heteroatoms. The quantitative estimate of drug-likeness (QED) is 0.400. The molecule has 2 aromatic carbocycles. The number of morpholine rings is 1. The van der Waals surface area contributed by atoms with Crippen LogP contribution in [0, 0.1) is 0 Å². The maximum atomic E-state index is 13.7. The first kappa shape index (κ1) is 25.6. The number of nitrogens with zero attached hydrogens (tertiary/aromatic N) is 4. The molecule has 36 heavy (non-hydrogen) atoms. The van der Waals surface area contributed by atoms with E-state index in [4.69, 9.17) is 21.3 Å². The third-order valence-electron chi connectivity index (χ3n) is 6.61. The van der Waals surface area contributed by atoms with Gasteiger partial charge < -0.3 is 4.74 Å². The molecule has 192 valence electrons. The van der Waals surface area contributed by atoms with Crippen LogP contribution in [-0.2, 0) is 14.8 Å². The molecule has 2 heterocycles. The molecule has 0 spiro atoms. The minimum Gasteiger partial charge on any atom is -0.379 e.